The molecule has 160 valence electrons. The van der Waals surface area contributed by atoms with Crippen LogP contribution in [0.25, 0.3) is 0 Å². The van der Waals surface area contributed by atoms with E-state index in [0.29, 0.717) is 0 Å². The maximum Gasteiger partial charge on any atom is 0.237 e. The number of aryl methyl sites for hydroxylation is 1. The molecule has 1 N–H and O–H groups in total. The Morgan fingerprint density at radius 3 is 2.77 bits per heavy atom. The van der Waals surface area contributed by atoms with Crippen LogP contribution in [0, 0.1) is 6.92 Å². The van der Waals surface area contributed by atoms with Gasteiger partial charge < -0.3 is 15.0 Å². The minimum atomic E-state index is -0.0196. The van der Waals surface area contributed by atoms with Gasteiger partial charge in [-0.3, -0.25) is 9.69 Å². The zero-order chi connectivity index (χ0) is 20.9. The molecule has 0 saturated carbocycles. The lowest BCUT2D eigenvalue weighted by molar-refractivity contribution is -0.115. The van der Waals surface area contributed by atoms with Crippen LogP contribution in [0.5, 0.6) is 5.75 Å². The van der Waals surface area contributed by atoms with Gasteiger partial charge >= 0.3 is 0 Å². The molecule has 3 heterocycles. The summed E-state index contributed by atoms with van der Waals surface area (Å²) in [4.78, 5) is 22.9. The highest BCUT2D eigenvalue weighted by molar-refractivity contribution is 8.01. The number of nitrogens with zero attached hydrogens (tertiary/aromatic N) is 3. The van der Waals surface area contributed by atoms with E-state index in [9.17, 15) is 4.79 Å². The summed E-state index contributed by atoms with van der Waals surface area (Å²) >= 11 is 1.66. The second-order valence-electron chi connectivity index (χ2n) is 7.97. The van der Waals surface area contributed by atoms with Crippen molar-refractivity contribution in [2.45, 2.75) is 36.3 Å². The van der Waals surface area contributed by atoms with E-state index in [1.54, 1.807) is 18.9 Å². The highest BCUT2D eigenvalue weighted by Crippen LogP contribution is 2.39. The number of methoxy groups -OCH3 is 1. The van der Waals surface area contributed by atoms with Crippen LogP contribution < -0.4 is 15.0 Å². The molecule has 2 aliphatic heterocycles. The number of fused-ring (bicyclic) bond motifs is 1. The van der Waals surface area contributed by atoms with E-state index >= 15 is 0 Å². The Balaban J connectivity index is 1.19. The first-order valence-electron chi connectivity index (χ1n) is 10.7. The number of ether oxygens (including phenoxy) is 1. The number of pyridine rings is 1. The molecule has 1 fully saturated rings. The fourth-order valence-corrected chi connectivity index (χ4v) is 5.19. The largest absolute Gasteiger partial charge is 0.497 e. The first-order valence-corrected chi connectivity index (χ1v) is 11.6. The summed E-state index contributed by atoms with van der Waals surface area (Å²) in [5.74, 6) is 2.04. The number of amides is 1. The van der Waals surface area contributed by atoms with Crippen LogP contribution in [0.15, 0.2) is 41.4 Å². The number of unbranched alkanes of at least 4 members (excludes halogenated alkanes) is 1. The Morgan fingerprint density at radius 1 is 1.17 bits per heavy atom. The van der Waals surface area contributed by atoms with Gasteiger partial charge in [0.05, 0.1) is 18.0 Å². The average Bonchev–Trinajstić information content (AvgIpc) is 2.77. The molecular formula is C23H30N4O2S. The molecule has 1 unspecified atom stereocenters. The summed E-state index contributed by atoms with van der Waals surface area (Å²) in [6, 6.07) is 10.0. The number of benzene rings is 1. The molecular weight excluding hydrogens is 396 g/mol. The maximum absolute atomic E-state index is 12.4. The van der Waals surface area contributed by atoms with Crippen LogP contribution in [0.4, 0.5) is 11.5 Å². The van der Waals surface area contributed by atoms with E-state index in [1.165, 1.54) is 5.56 Å². The van der Waals surface area contributed by atoms with Crippen molar-refractivity contribution >= 4 is 29.2 Å². The van der Waals surface area contributed by atoms with Crippen molar-refractivity contribution in [1.82, 2.24) is 9.88 Å². The minimum absolute atomic E-state index is 0.0196. The average molecular weight is 427 g/mol. The second kappa shape index (κ2) is 9.71. The van der Waals surface area contributed by atoms with E-state index < -0.39 is 0 Å². The third kappa shape index (κ3) is 5.08. The summed E-state index contributed by atoms with van der Waals surface area (Å²) in [5, 5.41) is 3.02. The Kier molecular flexibility index (Phi) is 6.79. The van der Waals surface area contributed by atoms with Gasteiger partial charge in [0.2, 0.25) is 5.91 Å². The third-order valence-corrected chi connectivity index (χ3v) is 7.12. The molecule has 0 radical (unpaired) electrons. The van der Waals surface area contributed by atoms with Crippen LogP contribution >= 0.6 is 11.8 Å². The maximum atomic E-state index is 12.4. The van der Waals surface area contributed by atoms with E-state index in [-0.39, 0.29) is 11.2 Å². The molecule has 1 aromatic heterocycles. The van der Waals surface area contributed by atoms with E-state index in [1.807, 2.05) is 30.5 Å². The van der Waals surface area contributed by atoms with Crippen LogP contribution in [0.1, 0.15) is 24.8 Å². The number of aromatic nitrogens is 1. The number of piperazine rings is 1. The molecule has 7 heteroatoms. The van der Waals surface area contributed by atoms with Crippen molar-refractivity contribution in [2.75, 3.05) is 50.1 Å². The number of thioether (sulfide) groups is 1. The SMILES string of the molecule is COc1ccc2c(c1)SC(CCCCN1CCN(c3cc(C)ccn3)CC1)C(=O)N2. The predicted octanol–water partition coefficient (Wildman–Crippen LogP) is 3.80. The van der Waals surface area contributed by atoms with Gasteiger partial charge in [-0.25, -0.2) is 4.98 Å². The Labute approximate surface area is 183 Å². The normalized spacial score (nSPS) is 19.3. The van der Waals surface area contributed by atoms with Crippen molar-refractivity contribution in [3.8, 4) is 5.75 Å². The molecule has 4 rings (SSSR count). The van der Waals surface area contributed by atoms with Gasteiger partial charge in [0, 0.05) is 37.3 Å². The molecule has 0 aliphatic carbocycles. The van der Waals surface area contributed by atoms with E-state index in [2.05, 4.69) is 33.1 Å². The van der Waals surface area contributed by atoms with Crippen LogP contribution in [0.3, 0.4) is 0 Å². The predicted molar refractivity (Wildman–Crippen MR) is 123 cm³/mol. The second-order valence-corrected chi connectivity index (χ2v) is 9.22. The number of hydrogen-bond acceptors (Lipinski definition) is 6. The summed E-state index contributed by atoms with van der Waals surface area (Å²) in [5.41, 5.74) is 2.15. The summed E-state index contributed by atoms with van der Waals surface area (Å²) in [6.45, 7) is 7.40. The lowest BCUT2D eigenvalue weighted by Crippen LogP contribution is -2.47. The van der Waals surface area contributed by atoms with Gasteiger partial charge in [-0.15, -0.1) is 11.8 Å². The summed E-state index contributed by atoms with van der Waals surface area (Å²) in [6.07, 6.45) is 4.98. The highest BCUT2D eigenvalue weighted by Gasteiger charge is 2.27. The van der Waals surface area contributed by atoms with Gasteiger partial charge in [0.25, 0.3) is 0 Å². The number of carbonyl (C=O) groups excluding carboxylic acids is 1. The molecule has 6 nitrogen and oxygen atoms in total. The molecule has 30 heavy (non-hydrogen) atoms. The fourth-order valence-electron chi connectivity index (χ4n) is 4.00. The number of anilines is 2. The molecule has 0 bridgehead atoms. The van der Waals surface area contributed by atoms with Crippen molar-refractivity contribution < 1.29 is 9.53 Å². The van der Waals surface area contributed by atoms with Gasteiger partial charge in [-0.05, 0) is 62.2 Å². The van der Waals surface area contributed by atoms with Crippen molar-refractivity contribution in [2.24, 2.45) is 0 Å². The monoisotopic (exact) mass is 426 g/mol. The number of nitrogens with one attached hydrogen (secondary N) is 1. The smallest absolute Gasteiger partial charge is 0.237 e. The first-order chi connectivity index (χ1) is 14.6. The van der Waals surface area contributed by atoms with Crippen LogP contribution in [0.2, 0.25) is 0 Å². The van der Waals surface area contributed by atoms with Gasteiger partial charge in [-0.1, -0.05) is 6.42 Å². The van der Waals surface area contributed by atoms with Crippen LogP contribution in [-0.2, 0) is 4.79 Å². The van der Waals surface area contributed by atoms with Crippen molar-refractivity contribution in [3.63, 3.8) is 0 Å². The summed E-state index contributed by atoms with van der Waals surface area (Å²) < 4.78 is 5.31. The number of hydrogen-bond donors (Lipinski definition) is 1. The molecule has 0 spiro atoms. The topological polar surface area (TPSA) is 57.7 Å². The number of rotatable bonds is 7. The highest BCUT2D eigenvalue weighted by atomic mass is 32.2. The number of carbonyl (C=O) groups is 1. The van der Waals surface area contributed by atoms with Crippen molar-refractivity contribution in [1.29, 1.82) is 0 Å². The zero-order valence-electron chi connectivity index (χ0n) is 17.8. The summed E-state index contributed by atoms with van der Waals surface area (Å²) in [7, 11) is 1.67. The Bertz CT molecular complexity index is 883. The lowest BCUT2D eigenvalue weighted by atomic mass is 10.1. The fraction of sp³-hybridized carbons (Fsp3) is 0.478. The van der Waals surface area contributed by atoms with Crippen LogP contribution in [-0.4, -0.2) is 60.9 Å². The molecule has 1 atom stereocenters. The molecule has 1 aromatic carbocycles. The van der Waals surface area contributed by atoms with Crippen molar-refractivity contribution in [3.05, 3.63) is 42.1 Å². The molecule has 2 aliphatic rings. The quantitative estimate of drug-likeness (QED) is 0.680. The van der Waals surface area contributed by atoms with E-state index in [4.69, 9.17) is 4.74 Å². The molecule has 2 aromatic rings. The zero-order valence-corrected chi connectivity index (χ0v) is 18.6. The van der Waals surface area contributed by atoms with Gasteiger partial charge in [-0.2, -0.15) is 0 Å². The minimum Gasteiger partial charge on any atom is -0.497 e. The van der Waals surface area contributed by atoms with Gasteiger partial charge in [0.15, 0.2) is 0 Å². The third-order valence-electron chi connectivity index (χ3n) is 5.80. The standard InChI is InChI=1S/C23H30N4O2S/c1-17-8-9-24-22(15-17)27-13-11-26(12-14-27)10-4-3-5-20-23(28)25-19-7-6-18(29-2)16-21(19)30-20/h6-9,15-16,20H,3-5,10-14H2,1-2H3,(H,25,28). The molecule has 1 amide bonds. The first kappa shape index (κ1) is 21.0. The molecule has 1 saturated heterocycles. The lowest BCUT2D eigenvalue weighted by Gasteiger charge is -2.35. The Morgan fingerprint density at radius 2 is 2.00 bits per heavy atom. The van der Waals surface area contributed by atoms with Gasteiger partial charge in [0.1, 0.15) is 11.6 Å². The van der Waals surface area contributed by atoms with E-state index in [0.717, 1.165) is 74.1 Å². The Hall–Kier alpha value is -2.25.